The van der Waals surface area contributed by atoms with Crippen molar-refractivity contribution in [2.24, 2.45) is 0 Å². The summed E-state index contributed by atoms with van der Waals surface area (Å²) >= 11 is 6.31. The molecule has 0 heterocycles. The van der Waals surface area contributed by atoms with Crippen LogP contribution in [0.1, 0.15) is 39.2 Å². The Bertz CT molecular complexity index is 798. The predicted molar refractivity (Wildman–Crippen MR) is 116 cm³/mol. The average molecular weight is 417 g/mol. The van der Waals surface area contributed by atoms with Gasteiger partial charge in [0.15, 0.2) is 6.61 Å². The van der Waals surface area contributed by atoms with Crippen LogP contribution in [0, 0.1) is 0 Å². The van der Waals surface area contributed by atoms with Gasteiger partial charge in [-0.3, -0.25) is 9.59 Å². The first-order valence-corrected chi connectivity index (χ1v) is 10.3. The maximum absolute atomic E-state index is 13.1. The molecule has 0 unspecified atom stereocenters. The lowest BCUT2D eigenvalue weighted by atomic mass is 10.1. The summed E-state index contributed by atoms with van der Waals surface area (Å²) in [6, 6.07) is 15.9. The summed E-state index contributed by atoms with van der Waals surface area (Å²) in [6.07, 6.45) is 1.31. The van der Waals surface area contributed by atoms with Crippen molar-refractivity contribution in [1.82, 2.24) is 10.2 Å². The highest BCUT2D eigenvalue weighted by Gasteiger charge is 2.29. The number of para-hydroxylation sites is 1. The van der Waals surface area contributed by atoms with Gasteiger partial charge in [-0.2, -0.15) is 0 Å². The number of ether oxygens (including phenoxy) is 1. The van der Waals surface area contributed by atoms with Gasteiger partial charge in [-0.25, -0.2) is 0 Å². The Balaban J connectivity index is 2.22. The average Bonchev–Trinajstić information content (AvgIpc) is 2.73. The number of carbonyl (C=O) groups excluding carboxylic acids is 2. The third-order valence-electron chi connectivity index (χ3n) is 4.79. The Hall–Kier alpha value is -2.53. The van der Waals surface area contributed by atoms with E-state index in [2.05, 4.69) is 5.32 Å². The fourth-order valence-corrected chi connectivity index (χ4v) is 3.11. The SMILES string of the molecule is CC[C@H](C(=O)N[C@@H](C)CC)N(Cc1ccccc1Cl)C(=O)COc1ccccc1. The molecule has 2 rings (SSSR count). The van der Waals surface area contributed by atoms with Crippen LogP contribution in [-0.2, 0) is 16.1 Å². The first-order valence-electron chi connectivity index (χ1n) is 9.97. The van der Waals surface area contributed by atoms with Crippen molar-refractivity contribution in [3.8, 4) is 5.75 Å². The van der Waals surface area contributed by atoms with E-state index in [9.17, 15) is 9.59 Å². The number of halogens is 1. The van der Waals surface area contributed by atoms with Crippen LogP contribution in [0.25, 0.3) is 0 Å². The summed E-state index contributed by atoms with van der Waals surface area (Å²) < 4.78 is 5.64. The van der Waals surface area contributed by atoms with Gasteiger partial charge in [0.25, 0.3) is 5.91 Å². The van der Waals surface area contributed by atoms with Crippen molar-refractivity contribution < 1.29 is 14.3 Å². The smallest absolute Gasteiger partial charge is 0.261 e. The van der Waals surface area contributed by atoms with Crippen molar-refractivity contribution in [1.29, 1.82) is 0 Å². The highest BCUT2D eigenvalue weighted by molar-refractivity contribution is 6.31. The van der Waals surface area contributed by atoms with Crippen LogP contribution in [0.2, 0.25) is 5.02 Å². The molecule has 0 aromatic heterocycles. The second-order valence-corrected chi connectivity index (χ2v) is 7.36. The normalized spacial score (nSPS) is 12.7. The van der Waals surface area contributed by atoms with Crippen LogP contribution in [0.3, 0.4) is 0 Å². The third-order valence-corrected chi connectivity index (χ3v) is 5.16. The summed E-state index contributed by atoms with van der Waals surface area (Å²) in [5, 5.41) is 3.55. The predicted octanol–water partition coefficient (Wildman–Crippen LogP) is 4.44. The number of nitrogens with zero attached hydrogens (tertiary/aromatic N) is 1. The zero-order valence-corrected chi connectivity index (χ0v) is 18.0. The molecule has 5 nitrogen and oxygen atoms in total. The number of amides is 2. The van der Waals surface area contributed by atoms with Gasteiger partial charge >= 0.3 is 0 Å². The van der Waals surface area contributed by atoms with Gasteiger partial charge in [0.05, 0.1) is 0 Å². The number of hydrogen-bond acceptors (Lipinski definition) is 3. The highest BCUT2D eigenvalue weighted by Crippen LogP contribution is 2.20. The Kier molecular flexibility index (Phi) is 9.00. The molecule has 0 spiro atoms. The number of benzene rings is 2. The van der Waals surface area contributed by atoms with E-state index < -0.39 is 6.04 Å². The number of hydrogen-bond donors (Lipinski definition) is 1. The summed E-state index contributed by atoms with van der Waals surface area (Å²) in [6.45, 7) is 5.94. The van der Waals surface area contributed by atoms with E-state index in [4.69, 9.17) is 16.3 Å². The van der Waals surface area contributed by atoms with Crippen LogP contribution in [0.4, 0.5) is 0 Å². The Morgan fingerprint density at radius 3 is 2.31 bits per heavy atom. The van der Waals surface area contributed by atoms with Gasteiger partial charge in [-0.05, 0) is 43.5 Å². The maximum Gasteiger partial charge on any atom is 0.261 e. The van der Waals surface area contributed by atoms with Gasteiger partial charge in [-0.15, -0.1) is 0 Å². The number of rotatable bonds is 10. The van der Waals surface area contributed by atoms with E-state index in [1.807, 2.05) is 57.2 Å². The molecule has 0 saturated carbocycles. The minimum absolute atomic E-state index is 0.0365. The van der Waals surface area contributed by atoms with Crippen molar-refractivity contribution >= 4 is 23.4 Å². The summed E-state index contributed by atoms with van der Waals surface area (Å²) in [5.74, 6) is 0.178. The lowest BCUT2D eigenvalue weighted by molar-refractivity contribution is -0.143. The molecule has 156 valence electrons. The van der Waals surface area contributed by atoms with Crippen molar-refractivity contribution in [2.45, 2.75) is 52.2 Å². The van der Waals surface area contributed by atoms with Gasteiger partial charge in [0.2, 0.25) is 5.91 Å². The molecule has 6 heteroatoms. The molecule has 29 heavy (non-hydrogen) atoms. The molecular formula is C23H29ClN2O3. The van der Waals surface area contributed by atoms with Crippen molar-refractivity contribution in [2.75, 3.05) is 6.61 Å². The summed E-state index contributed by atoms with van der Waals surface area (Å²) in [5.41, 5.74) is 0.789. The molecule has 2 aromatic carbocycles. The van der Waals surface area contributed by atoms with Crippen LogP contribution < -0.4 is 10.1 Å². The Morgan fingerprint density at radius 2 is 1.69 bits per heavy atom. The topological polar surface area (TPSA) is 58.6 Å². The van der Waals surface area contributed by atoms with E-state index >= 15 is 0 Å². The van der Waals surface area contributed by atoms with E-state index in [1.54, 1.807) is 23.1 Å². The maximum atomic E-state index is 13.1. The van der Waals surface area contributed by atoms with E-state index in [0.717, 1.165) is 12.0 Å². The molecule has 0 bridgehead atoms. The van der Waals surface area contributed by atoms with Crippen LogP contribution in [-0.4, -0.2) is 35.4 Å². The van der Waals surface area contributed by atoms with Crippen LogP contribution in [0.5, 0.6) is 5.75 Å². The minimum Gasteiger partial charge on any atom is -0.484 e. The van der Waals surface area contributed by atoms with Gasteiger partial charge in [-0.1, -0.05) is 61.8 Å². The molecule has 0 aliphatic heterocycles. The monoisotopic (exact) mass is 416 g/mol. The van der Waals surface area contributed by atoms with E-state index in [0.29, 0.717) is 17.2 Å². The molecule has 2 amide bonds. The minimum atomic E-state index is -0.604. The van der Waals surface area contributed by atoms with Crippen molar-refractivity contribution in [3.63, 3.8) is 0 Å². The zero-order valence-electron chi connectivity index (χ0n) is 17.2. The standard InChI is InChI=1S/C23H29ClN2O3/c1-4-17(3)25-23(28)21(5-2)26(15-18-11-9-10-14-20(18)24)22(27)16-29-19-12-7-6-8-13-19/h6-14,17,21H,4-5,15-16H2,1-3H3,(H,25,28)/t17-,21+/m0/s1. The molecule has 0 radical (unpaired) electrons. The quantitative estimate of drug-likeness (QED) is 0.622. The molecule has 0 fully saturated rings. The lowest BCUT2D eigenvalue weighted by Crippen LogP contribution is -2.51. The van der Waals surface area contributed by atoms with Crippen molar-refractivity contribution in [3.05, 3.63) is 65.2 Å². The fraction of sp³-hybridized carbons (Fsp3) is 0.391. The van der Waals surface area contributed by atoms with E-state index in [1.165, 1.54) is 0 Å². The van der Waals surface area contributed by atoms with Crippen LogP contribution >= 0.6 is 11.6 Å². The first kappa shape index (κ1) is 22.8. The Morgan fingerprint density at radius 1 is 1.03 bits per heavy atom. The first-order chi connectivity index (χ1) is 14.0. The molecule has 1 N–H and O–H groups in total. The van der Waals surface area contributed by atoms with Crippen LogP contribution in [0.15, 0.2) is 54.6 Å². The molecule has 2 atom stereocenters. The molecule has 0 aliphatic carbocycles. The highest BCUT2D eigenvalue weighted by atomic mass is 35.5. The third kappa shape index (κ3) is 6.79. The lowest BCUT2D eigenvalue weighted by Gasteiger charge is -2.31. The van der Waals surface area contributed by atoms with E-state index in [-0.39, 0.29) is 31.0 Å². The second kappa shape index (κ2) is 11.5. The number of carbonyl (C=O) groups is 2. The number of nitrogens with one attached hydrogen (secondary N) is 1. The summed E-state index contributed by atoms with van der Waals surface area (Å²) in [4.78, 5) is 27.5. The summed E-state index contributed by atoms with van der Waals surface area (Å²) in [7, 11) is 0. The molecule has 2 aromatic rings. The van der Waals surface area contributed by atoms with Gasteiger partial charge in [0.1, 0.15) is 11.8 Å². The molecule has 0 saturated heterocycles. The molecule has 0 aliphatic rings. The molecular weight excluding hydrogens is 388 g/mol. The van der Waals surface area contributed by atoms with Gasteiger partial charge in [0, 0.05) is 17.6 Å². The zero-order chi connectivity index (χ0) is 21.2. The fourth-order valence-electron chi connectivity index (χ4n) is 2.92. The Labute approximate surface area is 178 Å². The van der Waals surface area contributed by atoms with Gasteiger partial charge < -0.3 is 15.0 Å². The second-order valence-electron chi connectivity index (χ2n) is 6.96. The largest absolute Gasteiger partial charge is 0.484 e.